The zero-order valence-corrected chi connectivity index (χ0v) is 17.5. The summed E-state index contributed by atoms with van der Waals surface area (Å²) in [6, 6.07) is 17.6. The molecule has 0 bridgehead atoms. The molecule has 1 aliphatic rings. The highest BCUT2D eigenvalue weighted by atomic mass is 32.1. The third-order valence-electron chi connectivity index (χ3n) is 5.20. The summed E-state index contributed by atoms with van der Waals surface area (Å²) in [5, 5.41) is 13.0. The van der Waals surface area contributed by atoms with E-state index in [9.17, 15) is 14.7 Å². The van der Waals surface area contributed by atoms with Crippen LogP contribution < -0.4 is 4.74 Å². The molecule has 0 saturated carbocycles. The van der Waals surface area contributed by atoms with Crippen molar-refractivity contribution in [3.05, 3.63) is 93.2 Å². The molecule has 1 fully saturated rings. The summed E-state index contributed by atoms with van der Waals surface area (Å²) in [5.74, 6) is -0.829. The van der Waals surface area contributed by atoms with Crippen LogP contribution in [0.25, 0.3) is 5.76 Å². The first kappa shape index (κ1) is 19.9. The Morgan fingerprint density at radius 3 is 2.37 bits per heavy atom. The fourth-order valence-corrected chi connectivity index (χ4v) is 4.32. The molecule has 3 aromatic rings. The monoisotopic (exact) mass is 419 g/mol. The smallest absolute Gasteiger partial charge is 0.295 e. The summed E-state index contributed by atoms with van der Waals surface area (Å²) in [4.78, 5) is 28.5. The van der Waals surface area contributed by atoms with E-state index in [0.717, 1.165) is 16.0 Å². The van der Waals surface area contributed by atoms with E-state index >= 15 is 0 Å². The molecule has 1 amide bonds. The SMILES string of the molecule is COc1ccc(/C(O)=C2\C(=O)C(=O)N(Cc3cccs3)C2c2ccc(C)cc2)cc1. The lowest BCUT2D eigenvalue weighted by molar-refractivity contribution is -0.140. The van der Waals surface area contributed by atoms with Crippen molar-refractivity contribution < 1.29 is 19.4 Å². The molecule has 1 unspecified atom stereocenters. The molecule has 4 rings (SSSR count). The van der Waals surface area contributed by atoms with Gasteiger partial charge in [0.25, 0.3) is 11.7 Å². The summed E-state index contributed by atoms with van der Waals surface area (Å²) < 4.78 is 5.16. The molecule has 2 heterocycles. The van der Waals surface area contributed by atoms with E-state index in [1.54, 1.807) is 31.4 Å². The lowest BCUT2D eigenvalue weighted by Crippen LogP contribution is -2.28. The van der Waals surface area contributed by atoms with Crippen molar-refractivity contribution in [3.63, 3.8) is 0 Å². The molecular formula is C24H21NO4S. The van der Waals surface area contributed by atoms with Gasteiger partial charge in [-0.2, -0.15) is 0 Å². The normalized spacial score (nSPS) is 18.1. The van der Waals surface area contributed by atoms with E-state index in [4.69, 9.17) is 4.74 Å². The fraction of sp³-hybridized carbons (Fsp3) is 0.167. The van der Waals surface area contributed by atoms with Gasteiger partial charge in [-0.05, 0) is 48.2 Å². The lowest BCUT2D eigenvalue weighted by atomic mass is 9.94. The third kappa shape index (κ3) is 3.62. The Morgan fingerprint density at radius 1 is 1.07 bits per heavy atom. The number of rotatable bonds is 5. The number of Topliss-reactive ketones (excluding diaryl/α,β-unsaturated/α-hetero) is 1. The molecule has 152 valence electrons. The Bertz CT molecular complexity index is 1100. The highest BCUT2D eigenvalue weighted by Crippen LogP contribution is 2.40. The maximum atomic E-state index is 13.0. The second kappa shape index (κ2) is 8.16. The number of ketones is 1. The molecule has 5 nitrogen and oxygen atoms in total. The number of likely N-dealkylation sites (tertiary alicyclic amines) is 1. The molecule has 1 atom stereocenters. The summed E-state index contributed by atoms with van der Waals surface area (Å²) in [5.41, 5.74) is 2.42. The topological polar surface area (TPSA) is 66.8 Å². The van der Waals surface area contributed by atoms with Gasteiger partial charge in [-0.3, -0.25) is 9.59 Å². The number of hydrogen-bond donors (Lipinski definition) is 1. The van der Waals surface area contributed by atoms with Crippen LogP contribution in [0.1, 0.15) is 27.6 Å². The Hall–Kier alpha value is -3.38. The Labute approximate surface area is 178 Å². The molecular weight excluding hydrogens is 398 g/mol. The number of thiophene rings is 1. The number of aryl methyl sites for hydroxylation is 1. The average molecular weight is 420 g/mol. The number of ether oxygens (including phenoxy) is 1. The van der Waals surface area contributed by atoms with Crippen LogP contribution >= 0.6 is 11.3 Å². The summed E-state index contributed by atoms with van der Waals surface area (Å²) in [6.45, 7) is 2.28. The minimum absolute atomic E-state index is 0.102. The van der Waals surface area contributed by atoms with E-state index in [-0.39, 0.29) is 11.3 Å². The molecule has 0 spiro atoms. The molecule has 1 aliphatic heterocycles. The van der Waals surface area contributed by atoms with E-state index in [2.05, 4.69) is 0 Å². The van der Waals surface area contributed by atoms with Gasteiger partial charge in [-0.1, -0.05) is 35.9 Å². The van der Waals surface area contributed by atoms with E-state index in [1.165, 1.54) is 16.2 Å². The number of carbonyl (C=O) groups excluding carboxylic acids is 2. The van der Waals surface area contributed by atoms with Gasteiger partial charge < -0.3 is 14.7 Å². The molecule has 1 saturated heterocycles. The Balaban J connectivity index is 1.84. The van der Waals surface area contributed by atoms with E-state index in [0.29, 0.717) is 17.9 Å². The number of methoxy groups -OCH3 is 1. The number of benzene rings is 2. The third-order valence-corrected chi connectivity index (χ3v) is 6.06. The number of aliphatic hydroxyl groups is 1. The number of carbonyl (C=O) groups is 2. The number of aliphatic hydroxyl groups excluding tert-OH is 1. The van der Waals surface area contributed by atoms with Gasteiger partial charge in [0.2, 0.25) is 0 Å². The van der Waals surface area contributed by atoms with E-state index in [1.807, 2.05) is 48.7 Å². The zero-order valence-electron chi connectivity index (χ0n) is 16.7. The first-order valence-corrected chi connectivity index (χ1v) is 10.4. The second-order valence-electron chi connectivity index (χ2n) is 7.15. The van der Waals surface area contributed by atoms with Crippen molar-refractivity contribution in [2.45, 2.75) is 19.5 Å². The van der Waals surface area contributed by atoms with E-state index < -0.39 is 17.7 Å². The average Bonchev–Trinajstić information content (AvgIpc) is 3.36. The van der Waals surface area contributed by atoms with Gasteiger partial charge in [0, 0.05) is 10.4 Å². The van der Waals surface area contributed by atoms with Gasteiger partial charge in [0.1, 0.15) is 11.5 Å². The molecule has 1 aromatic heterocycles. The van der Waals surface area contributed by atoms with Crippen molar-refractivity contribution in [1.82, 2.24) is 4.90 Å². The Morgan fingerprint density at radius 2 is 1.77 bits per heavy atom. The maximum absolute atomic E-state index is 13.0. The highest BCUT2D eigenvalue weighted by molar-refractivity contribution is 7.09. The van der Waals surface area contributed by atoms with Crippen LogP contribution in [0.4, 0.5) is 0 Å². The van der Waals surface area contributed by atoms with Crippen LogP contribution in [-0.4, -0.2) is 28.8 Å². The minimum Gasteiger partial charge on any atom is -0.507 e. The Kier molecular flexibility index (Phi) is 5.42. The van der Waals surface area contributed by atoms with Crippen LogP contribution in [0.15, 0.2) is 71.6 Å². The van der Waals surface area contributed by atoms with Crippen molar-refractivity contribution in [1.29, 1.82) is 0 Å². The molecule has 2 aromatic carbocycles. The number of amides is 1. The van der Waals surface area contributed by atoms with Crippen molar-refractivity contribution in [3.8, 4) is 5.75 Å². The quantitative estimate of drug-likeness (QED) is 0.370. The first-order chi connectivity index (χ1) is 14.5. The standard InChI is InChI=1S/C24H21NO4S/c1-15-5-7-16(8-6-15)21-20(22(26)17-9-11-18(29-2)12-10-17)23(27)24(28)25(21)14-19-4-3-13-30-19/h3-13,21,26H,14H2,1-2H3/b22-20+. The molecule has 6 heteroatoms. The van der Waals surface area contributed by atoms with Crippen LogP contribution in [0.2, 0.25) is 0 Å². The van der Waals surface area contributed by atoms with Crippen LogP contribution in [0.3, 0.4) is 0 Å². The first-order valence-electron chi connectivity index (χ1n) is 9.51. The molecule has 0 aliphatic carbocycles. The highest BCUT2D eigenvalue weighted by Gasteiger charge is 2.46. The summed E-state index contributed by atoms with van der Waals surface area (Å²) >= 11 is 1.53. The van der Waals surface area contributed by atoms with Gasteiger partial charge in [0.15, 0.2) is 0 Å². The molecule has 0 radical (unpaired) electrons. The van der Waals surface area contributed by atoms with Crippen LogP contribution in [-0.2, 0) is 16.1 Å². The van der Waals surface area contributed by atoms with Crippen molar-refractivity contribution in [2.75, 3.05) is 7.11 Å². The van der Waals surface area contributed by atoms with Gasteiger partial charge in [-0.15, -0.1) is 11.3 Å². The fourth-order valence-electron chi connectivity index (χ4n) is 3.61. The van der Waals surface area contributed by atoms with Crippen molar-refractivity contribution in [2.24, 2.45) is 0 Å². The van der Waals surface area contributed by atoms with Gasteiger partial charge in [0.05, 0.1) is 25.3 Å². The largest absolute Gasteiger partial charge is 0.507 e. The predicted molar refractivity (Wildman–Crippen MR) is 116 cm³/mol. The second-order valence-corrected chi connectivity index (χ2v) is 8.18. The van der Waals surface area contributed by atoms with Crippen LogP contribution in [0, 0.1) is 6.92 Å². The molecule has 30 heavy (non-hydrogen) atoms. The van der Waals surface area contributed by atoms with Gasteiger partial charge in [-0.25, -0.2) is 0 Å². The zero-order chi connectivity index (χ0) is 21.3. The minimum atomic E-state index is -0.676. The number of nitrogens with zero attached hydrogens (tertiary/aromatic N) is 1. The van der Waals surface area contributed by atoms with Crippen molar-refractivity contribution >= 4 is 28.8 Å². The molecule has 1 N–H and O–H groups in total. The summed E-state index contributed by atoms with van der Waals surface area (Å²) in [7, 11) is 1.56. The summed E-state index contributed by atoms with van der Waals surface area (Å²) in [6.07, 6.45) is 0. The van der Waals surface area contributed by atoms with Gasteiger partial charge >= 0.3 is 0 Å². The lowest BCUT2D eigenvalue weighted by Gasteiger charge is -2.25. The number of hydrogen-bond acceptors (Lipinski definition) is 5. The maximum Gasteiger partial charge on any atom is 0.295 e. The predicted octanol–water partition coefficient (Wildman–Crippen LogP) is 4.69. The van der Waals surface area contributed by atoms with Crippen LogP contribution in [0.5, 0.6) is 5.75 Å².